The maximum absolute atomic E-state index is 5.71. The van der Waals surface area contributed by atoms with Gasteiger partial charge in [0, 0.05) is 25.9 Å². The van der Waals surface area contributed by atoms with Crippen molar-refractivity contribution >= 4 is 32.0 Å². The largest absolute Gasteiger partial charge is 0.501 e. The molecule has 0 aromatic heterocycles. The number of alkyl halides is 2. The van der Waals surface area contributed by atoms with E-state index in [0.717, 1.165) is 0 Å². The van der Waals surface area contributed by atoms with Crippen molar-refractivity contribution in [2.75, 3.05) is 19.8 Å². The van der Waals surface area contributed by atoms with Crippen molar-refractivity contribution in [2.45, 2.75) is 38.1 Å². The van der Waals surface area contributed by atoms with Gasteiger partial charge in [-0.15, -0.1) is 23.2 Å². The van der Waals surface area contributed by atoms with Gasteiger partial charge in [-0.25, -0.2) is 0 Å². The number of rotatable bonds is 9. The van der Waals surface area contributed by atoms with Gasteiger partial charge in [0.2, 0.25) is 0 Å². The lowest BCUT2D eigenvalue weighted by molar-refractivity contribution is 0.0710. The van der Waals surface area contributed by atoms with Crippen LogP contribution in [-0.2, 0) is 13.3 Å². The van der Waals surface area contributed by atoms with Crippen molar-refractivity contribution in [3.8, 4) is 0 Å². The van der Waals surface area contributed by atoms with Gasteiger partial charge in [-0.05, 0) is 27.2 Å². The summed E-state index contributed by atoms with van der Waals surface area (Å²) in [5.74, 6) is 0. The normalized spacial score (nSPS) is 12.4. The van der Waals surface area contributed by atoms with Crippen LogP contribution in [0.25, 0.3) is 0 Å². The van der Waals surface area contributed by atoms with E-state index in [4.69, 9.17) is 36.5 Å². The van der Waals surface area contributed by atoms with Crippen LogP contribution in [0.3, 0.4) is 0 Å². The van der Waals surface area contributed by atoms with Crippen molar-refractivity contribution in [1.29, 1.82) is 0 Å². The standard InChI is InChI=1S/C9H20Cl2O3Si/c1-4-12-15(13-5-2,14-6-3)8-7-9(10)11/h9H,4-8H2,1-3H3. The van der Waals surface area contributed by atoms with Crippen LogP contribution in [0.1, 0.15) is 27.2 Å². The smallest absolute Gasteiger partial charge is 0.374 e. The highest BCUT2D eigenvalue weighted by Gasteiger charge is 2.40. The minimum Gasteiger partial charge on any atom is -0.374 e. The van der Waals surface area contributed by atoms with Crippen LogP contribution in [0.5, 0.6) is 0 Å². The van der Waals surface area contributed by atoms with E-state index in [1.165, 1.54) is 0 Å². The summed E-state index contributed by atoms with van der Waals surface area (Å²) in [4.78, 5) is -0.391. The molecule has 0 aliphatic rings. The zero-order valence-electron chi connectivity index (χ0n) is 9.59. The van der Waals surface area contributed by atoms with Crippen molar-refractivity contribution in [3.63, 3.8) is 0 Å². The lowest BCUT2D eigenvalue weighted by atomic mass is 10.6. The topological polar surface area (TPSA) is 27.7 Å². The monoisotopic (exact) mass is 274 g/mol. The van der Waals surface area contributed by atoms with Gasteiger partial charge < -0.3 is 13.3 Å². The number of halogens is 2. The number of hydrogen-bond acceptors (Lipinski definition) is 3. The van der Waals surface area contributed by atoms with E-state index in [1.807, 2.05) is 20.8 Å². The molecule has 0 saturated carbocycles. The fraction of sp³-hybridized carbons (Fsp3) is 1.00. The lowest BCUT2D eigenvalue weighted by Crippen LogP contribution is -2.46. The molecular weight excluding hydrogens is 255 g/mol. The van der Waals surface area contributed by atoms with Gasteiger partial charge in [0.25, 0.3) is 0 Å². The molecule has 0 N–H and O–H groups in total. The average molecular weight is 275 g/mol. The molecule has 15 heavy (non-hydrogen) atoms. The molecule has 0 spiro atoms. The van der Waals surface area contributed by atoms with Crippen LogP contribution in [0.2, 0.25) is 6.04 Å². The van der Waals surface area contributed by atoms with Gasteiger partial charge in [-0.1, -0.05) is 0 Å². The molecule has 0 unspecified atom stereocenters. The fourth-order valence-corrected chi connectivity index (χ4v) is 4.52. The third kappa shape index (κ3) is 6.76. The van der Waals surface area contributed by atoms with Gasteiger partial charge in [0.15, 0.2) is 0 Å². The van der Waals surface area contributed by atoms with Gasteiger partial charge >= 0.3 is 8.80 Å². The number of hydrogen-bond donors (Lipinski definition) is 0. The second-order valence-electron chi connectivity index (χ2n) is 2.91. The molecule has 6 heteroatoms. The highest BCUT2D eigenvalue weighted by atomic mass is 35.5. The molecule has 0 aliphatic heterocycles. The quantitative estimate of drug-likeness (QED) is 0.477. The third-order valence-electron chi connectivity index (χ3n) is 1.76. The summed E-state index contributed by atoms with van der Waals surface area (Å²) in [5.41, 5.74) is 0. The first-order chi connectivity index (χ1) is 7.10. The van der Waals surface area contributed by atoms with E-state index in [0.29, 0.717) is 32.3 Å². The van der Waals surface area contributed by atoms with Crippen molar-refractivity contribution < 1.29 is 13.3 Å². The van der Waals surface area contributed by atoms with Crippen molar-refractivity contribution in [2.24, 2.45) is 0 Å². The first kappa shape index (κ1) is 15.7. The maximum Gasteiger partial charge on any atom is 0.501 e. The molecule has 0 amide bonds. The van der Waals surface area contributed by atoms with Gasteiger partial charge in [-0.2, -0.15) is 0 Å². The minimum absolute atomic E-state index is 0.391. The molecule has 92 valence electrons. The second-order valence-corrected chi connectivity index (χ2v) is 6.92. The van der Waals surface area contributed by atoms with Crippen LogP contribution in [0, 0.1) is 0 Å². The summed E-state index contributed by atoms with van der Waals surface area (Å²) in [6.07, 6.45) is 0.634. The van der Waals surface area contributed by atoms with E-state index in [2.05, 4.69) is 0 Å². The average Bonchev–Trinajstić information content (AvgIpc) is 2.16. The Morgan fingerprint density at radius 1 is 0.933 bits per heavy atom. The first-order valence-corrected chi connectivity index (χ1v) is 8.10. The molecular formula is C9H20Cl2O3Si. The molecule has 0 bridgehead atoms. The Morgan fingerprint density at radius 2 is 1.33 bits per heavy atom. The van der Waals surface area contributed by atoms with Crippen LogP contribution in [0.15, 0.2) is 0 Å². The van der Waals surface area contributed by atoms with Gasteiger partial charge in [0.1, 0.15) is 4.84 Å². The summed E-state index contributed by atoms with van der Waals surface area (Å²) in [6.45, 7) is 7.54. The molecule has 0 saturated heterocycles. The fourth-order valence-electron chi connectivity index (χ4n) is 1.29. The van der Waals surface area contributed by atoms with E-state index in [1.54, 1.807) is 0 Å². The molecule has 0 radical (unpaired) electrons. The van der Waals surface area contributed by atoms with Crippen molar-refractivity contribution in [3.05, 3.63) is 0 Å². The molecule has 0 heterocycles. The molecule has 0 aromatic rings. The molecule has 0 fully saturated rings. The van der Waals surface area contributed by atoms with Crippen LogP contribution in [-0.4, -0.2) is 33.5 Å². The van der Waals surface area contributed by atoms with E-state index >= 15 is 0 Å². The zero-order chi connectivity index (χ0) is 11.7. The predicted molar refractivity (Wildman–Crippen MR) is 65.6 cm³/mol. The van der Waals surface area contributed by atoms with Gasteiger partial charge in [-0.3, -0.25) is 0 Å². The Kier molecular flexibility index (Phi) is 9.18. The Labute approximate surface area is 103 Å². The minimum atomic E-state index is -2.53. The molecule has 0 atom stereocenters. The van der Waals surface area contributed by atoms with E-state index in [-0.39, 0.29) is 0 Å². The van der Waals surface area contributed by atoms with Crippen LogP contribution in [0.4, 0.5) is 0 Å². The Bertz CT molecular complexity index is 141. The zero-order valence-corrected chi connectivity index (χ0v) is 12.1. The SMILES string of the molecule is CCO[Si](CCC(Cl)Cl)(OCC)OCC. The molecule has 0 rings (SSSR count). The van der Waals surface area contributed by atoms with E-state index in [9.17, 15) is 0 Å². The summed E-state index contributed by atoms with van der Waals surface area (Å²) >= 11 is 11.4. The third-order valence-corrected chi connectivity index (χ3v) is 5.28. The lowest BCUT2D eigenvalue weighted by Gasteiger charge is -2.28. The van der Waals surface area contributed by atoms with Crippen LogP contribution >= 0.6 is 23.2 Å². The first-order valence-electron chi connectivity index (χ1n) is 5.30. The highest BCUT2D eigenvalue weighted by molar-refractivity contribution is 6.61. The predicted octanol–water partition coefficient (Wildman–Crippen LogP) is 3.23. The maximum atomic E-state index is 5.71. The van der Waals surface area contributed by atoms with Gasteiger partial charge in [0.05, 0.1) is 0 Å². The summed E-state index contributed by atoms with van der Waals surface area (Å²) in [5, 5.41) is 0. The van der Waals surface area contributed by atoms with E-state index < -0.39 is 13.6 Å². The molecule has 0 aliphatic carbocycles. The summed E-state index contributed by atoms with van der Waals surface area (Å²) in [6, 6.07) is 0.667. The van der Waals surface area contributed by atoms with Crippen LogP contribution < -0.4 is 0 Å². The Morgan fingerprint density at radius 3 is 1.60 bits per heavy atom. The Balaban J connectivity index is 4.31. The Hall–Kier alpha value is 0.677. The summed E-state index contributed by atoms with van der Waals surface area (Å²) in [7, 11) is -2.53. The second kappa shape index (κ2) is 8.79. The van der Waals surface area contributed by atoms with Crippen molar-refractivity contribution in [1.82, 2.24) is 0 Å². The molecule has 0 aromatic carbocycles. The molecule has 3 nitrogen and oxygen atoms in total. The highest BCUT2D eigenvalue weighted by Crippen LogP contribution is 2.22. The summed E-state index contributed by atoms with van der Waals surface area (Å²) < 4.78 is 16.9.